The molecule has 0 atom stereocenters. The molecule has 88 valence electrons. The molecule has 0 radical (unpaired) electrons. The van der Waals surface area contributed by atoms with Crippen molar-refractivity contribution in [2.75, 3.05) is 0 Å². The number of furan rings is 1. The Morgan fingerprint density at radius 2 is 1.94 bits per heavy atom. The normalized spacial score (nSPS) is 15.6. The minimum Gasteiger partial charge on any atom is -0.450 e. The topological polar surface area (TPSA) is 71.3 Å². The largest absolute Gasteiger partial charge is 0.450 e. The summed E-state index contributed by atoms with van der Waals surface area (Å²) in [6.45, 7) is 0. The van der Waals surface area contributed by atoms with Crippen molar-refractivity contribution in [3.05, 3.63) is 25.6 Å². The number of hydrogen-bond acceptors (Lipinski definition) is 4. The number of hydrogen-bond donors (Lipinski definition) is 2. The van der Waals surface area contributed by atoms with E-state index in [2.05, 4.69) is 38.8 Å². The molecule has 1 aliphatic heterocycles. The Morgan fingerprint density at radius 3 is 2.41 bits per heavy atom. The fourth-order valence-electron chi connectivity index (χ4n) is 1.18. The summed E-state index contributed by atoms with van der Waals surface area (Å²) in [7, 11) is 0. The van der Waals surface area contributed by atoms with Crippen LogP contribution in [0.4, 0.5) is 0 Å². The molecule has 1 aliphatic rings. The molecule has 0 saturated carbocycles. The molecule has 2 heterocycles. The zero-order valence-corrected chi connectivity index (χ0v) is 12.6. The van der Waals surface area contributed by atoms with E-state index in [1.165, 1.54) is 6.08 Å². The second-order valence-corrected chi connectivity index (χ2v) is 5.31. The Labute approximate surface area is 123 Å². The van der Waals surface area contributed by atoms with Gasteiger partial charge in [-0.05, 0) is 40.3 Å². The Morgan fingerprint density at radius 1 is 1.35 bits per heavy atom. The second-order valence-electron chi connectivity index (χ2n) is 3.07. The lowest BCUT2D eigenvalue weighted by Crippen LogP contribution is -2.51. The lowest BCUT2D eigenvalue weighted by Gasteiger charge is -2.15. The number of carbonyl (C=O) groups is 2. The van der Waals surface area contributed by atoms with Gasteiger partial charge in [0.15, 0.2) is 8.88 Å². The number of nitrogens with one attached hydrogen (secondary N) is 2. The first kappa shape index (κ1) is 12.7. The maximum Gasteiger partial charge on any atom is 0.263 e. The summed E-state index contributed by atoms with van der Waals surface area (Å²) >= 11 is 9.94. The lowest BCUT2D eigenvalue weighted by molar-refractivity contribution is -0.123. The van der Waals surface area contributed by atoms with Gasteiger partial charge in [0.2, 0.25) is 0 Å². The van der Waals surface area contributed by atoms with E-state index in [4.69, 9.17) is 4.42 Å². The summed E-state index contributed by atoms with van der Waals surface area (Å²) < 4.78 is 6.71. The van der Waals surface area contributed by atoms with Crippen LogP contribution in [0.1, 0.15) is 5.76 Å². The molecule has 17 heavy (non-hydrogen) atoms. The van der Waals surface area contributed by atoms with Crippen LogP contribution in [0.25, 0.3) is 6.08 Å². The molecule has 5 nitrogen and oxygen atoms in total. The van der Waals surface area contributed by atoms with E-state index in [9.17, 15) is 9.59 Å². The third-order valence-corrected chi connectivity index (χ3v) is 4.23. The number of rotatable bonds is 1. The fourth-order valence-corrected chi connectivity index (χ4v) is 2.08. The van der Waals surface area contributed by atoms with Crippen LogP contribution in [-0.4, -0.2) is 16.9 Å². The molecule has 0 aliphatic carbocycles. The van der Waals surface area contributed by atoms with Crippen molar-refractivity contribution < 1.29 is 14.0 Å². The van der Waals surface area contributed by atoms with E-state index in [0.29, 0.717) is 9.53 Å². The maximum atomic E-state index is 11.5. The number of amides is 2. The molecule has 0 bridgehead atoms. The van der Waals surface area contributed by atoms with E-state index in [1.54, 1.807) is 6.07 Å². The van der Waals surface area contributed by atoms with Crippen molar-refractivity contribution in [1.29, 1.82) is 0 Å². The Kier molecular flexibility index (Phi) is 3.64. The van der Waals surface area contributed by atoms with Crippen LogP contribution in [0, 0.1) is 3.77 Å². The predicted molar refractivity (Wildman–Crippen MR) is 76.0 cm³/mol. The molecule has 0 spiro atoms. The van der Waals surface area contributed by atoms with Gasteiger partial charge in [0, 0.05) is 22.6 Å². The smallest absolute Gasteiger partial charge is 0.263 e. The highest BCUT2D eigenvalue weighted by Gasteiger charge is 2.26. The highest BCUT2D eigenvalue weighted by Crippen LogP contribution is 2.24. The number of carbonyl (C=O) groups excluding carboxylic acids is 2. The van der Waals surface area contributed by atoms with Gasteiger partial charge < -0.3 is 4.42 Å². The molecular weight excluding hydrogens is 423 g/mol. The van der Waals surface area contributed by atoms with Crippen molar-refractivity contribution in [3.63, 3.8) is 0 Å². The molecule has 1 saturated heterocycles. The molecule has 2 rings (SSSR count). The fraction of sp³-hybridized carbons (Fsp3) is 0. The first-order chi connectivity index (χ1) is 7.97. The monoisotopic (exact) mass is 426 g/mol. The van der Waals surface area contributed by atoms with Gasteiger partial charge in [-0.2, -0.15) is 0 Å². The Hall–Kier alpha value is -0.740. The van der Waals surface area contributed by atoms with Crippen molar-refractivity contribution in [2.45, 2.75) is 0 Å². The van der Waals surface area contributed by atoms with Crippen LogP contribution >= 0.6 is 50.7 Å². The zero-order valence-electron chi connectivity index (χ0n) is 8.04. The van der Waals surface area contributed by atoms with Gasteiger partial charge >= 0.3 is 0 Å². The molecule has 8 heteroatoms. The average molecular weight is 427 g/mol. The Bertz CT molecular complexity index is 525. The van der Waals surface area contributed by atoms with Gasteiger partial charge in [0.1, 0.15) is 11.3 Å². The quantitative estimate of drug-likeness (QED) is 0.309. The SMILES string of the molecule is O=C1NC(=S)NC(=O)C1=Cc1cc(Br)c(I)o1. The van der Waals surface area contributed by atoms with Crippen molar-refractivity contribution >= 4 is 73.7 Å². The summed E-state index contributed by atoms with van der Waals surface area (Å²) in [6, 6.07) is 1.67. The first-order valence-corrected chi connectivity index (χ1v) is 6.58. The predicted octanol–water partition coefficient (Wildman–Crippen LogP) is 1.56. The van der Waals surface area contributed by atoms with Crippen LogP contribution in [-0.2, 0) is 9.59 Å². The second kappa shape index (κ2) is 4.86. The summed E-state index contributed by atoms with van der Waals surface area (Å²) in [5.41, 5.74) is -0.0451. The van der Waals surface area contributed by atoms with E-state index in [-0.39, 0.29) is 10.7 Å². The lowest BCUT2D eigenvalue weighted by atomic mass is 10.1. The van der Waals surface area contributed by atoms with Crippen molar-refractivity contribution in [2.24, 2.45) is 0 Å². The molecule has 0 unspecified atom stereocenters. The van der Waals surface area contributed by atoms with Crippen LogP contribution in [0.15, 0.2) is 20.5 Å². The summed E-state index contributed by atoms with van der Waals surface area (Å²) in [5.74, 6) is -0.669. The molecule has 0 aromatic carbocycles. The third kappa shape index (κ3) is 2.75. The molecule has 1 fully saturated rings. The van der Waals surface area contributed by atoms with Crippen molar-refractivity contribution in [1.82, 2.24) is 10.6 Å². The van der Waals surface area contributed by atoms with E-state index < -0.39 is 11.8 Å². The van der Waals surface area contributed by atoms with Crippen LogP contribution in [0.2, 0.25) is 0 Å². The molecule has 1 aromatic rings. The number of halogens is 2. The molecular formula is C9H4BrIN2O3S. The van der Waals surface area contributed by atoms with Gasteiger partial charge in [-0.1, -0.05) is 0 Å². The van der Waals surface area contributed by atoms with Gasteiger partial charge in [0.25, 0.3) is 11.8 Å². The third-order valence-electron chi connectivity index (χ3n) is 1.89. The Balaban J connectivity index is 2.35. The van der Waals surface area contributed by atoms with Gasteiger partial charge in [-0.15, -0.1) is 0 Å². The highest BCUT2D eigenvalue weighted by molar-refractivity contribution is 14.1. The van der Waals surface area contributed by atoms with E-state index in [0.717, 1.165) is 4.47 Å². The molecule has 1 aromatic heterocycles. The van der Waals surface area contributed by atoms with E-state index >= 15 is 0 Å². The minimum absolute atomic E-state index is 0.00681. The van der Waals surface area contributed by atoms with Gasteiger partial charge in [-0.3, -0.25) is 20.2 Å². The van der Waals surface area contributed by atoms with Crippen molar-refractivity contribution in [3.8, 4) is 0 Å². The first-order valence-electron chi connectivity index (χ1n) is 4.30. The summed E-state index contributed by atoms with van der Waals surface area (Å²) in [4.78, 5) is 23.1. The maximum absolute atomic E-state index is 11.5. The highest BCUT2D eigenvalue weighted by atomic mass is 127. The molecule has 2 N–H and O–H groups in total. The standard InChI is InChI=1S/C9H4BrIN2O3S/c10-5-2-3(16-6(5)11)1-4-7(14)12-9(17)13-8(4)15/h1-2H,(H2,12,13,14,15,17). The molecule has 2 amide bonds. The van der Waals surface area contributed by atoms with E-state index in [1.807, 2.05) is 22.6 Å². The zero-order chi connectivity index (χ0) is 12.6. The van der Waals surface area contributed by atoms with Crippen LogP contribution < -0.4 is 10.6 Å². The number of thiocarbonyl (C=S) groups is 1. The van der Waals surface area contributed by atoms with Gasteiger partial charge in [0.05, 0.1) is 4.47 Å². The van der Waals surface area contributed by atoms with Crippen LogP contribution in [0.3, 0.4) is 0 Å². The minimum atomic E-state index is -0.540. The van der Waals surface area contributed by atoms with Gasteiger partial charge in [-0.25, -0.2) is 0 Å². The summed E-state index contributed by atoms with van der Waals surface area (Å²) in [5, 5.41) is 4.68. The van der Waals surface area contributed by atoms with Crippen LogP contribution in [0.5, 0.6) is 0 Å². The summed E-state index contributed by atoms with van der Waals surface area (Å²) in [6.07, 6.45) is 1.36. The average Bonchev–Trinajstić information content (AvgIpc) is 2.52.